The number of sulfonamides is 1. The van der Waals surface area contributed by atoms with Crippen LogP contribution in [0.5, 0.6) is 0 Å². The van der Waals surface area contributed by atoms with Crippen molar-refractivity contribution in [1.82, 2.24) is 19.6 Å². The Kier molecular flexibility index (Phi) is 11.1. The predicted molar refractivity (Wildman–Crippen MR) is 143 cm³/mol. The summed E-state index contributed by atoms with van der Waals surface area (Å²) < 4.78 is 78.5. The van der Waals surface area contributed by atoms with Crippen LogP contribution in [0.3, 0.4) is 0 Å². The Balaban J connectivity index is 1.64. The predicted octanol–water partition coefficient (Wildman–Crippen LogP) is 3.26. The number of hydrogen-bond donors (Lipinski definition) is 3. The number of alkyl halides is 3. The maximum absolute atomic E-state index is 12.9. The molecule has 0 atom stereocenters. The van der Waals surface area contributed by atoms with Gasteiger partial charge in [0, 0.05) is 44.0 Å². The van der Waals surface area contributed by atoms with Gasteiger partial charge in [0.05, 0.1) is 48.9 Å². The van der Waals surface area contributed by atoms with E-state index in [1.165, 1.54) is 38.2 Å². The molecule has 0 unspecified atom stereocenters. The number of benzene rings is 2. The third-order valence-electron chi connectivity index (χ3n) is 5.73. The van der Waals surface area contributed by atoms with Crippen molar-refractivity contribution >= 4 is 21.6 Å². The van der Waals surface area contributed by atoms with E-state index >= 15 is 0 Å². The van der Waals surface area contributed by atoms with Crippen molar-refractivity contribution in [1.29, 1.82) is 0 Å². The molecule has 0 bridgehead atoms. The standard InChI is InChI=1S/C26H32F3N5O5S/c1-19(35)31-9-11-38-13-14-39-12-10-34-17-25(33-18-34)23-15-22(40(36,37)30-2)7-8-24(23)32-16-20-3-5-21(6-4-20)26(27,28)29/h3-8,15,17-18,30,32H,9-14,16H2,1-2H3,(H,31,35). The zero-order valence-corrected chi connectivity index (χ0v) is 22.9. The third kappa shape index (κ3) is 9.33. The lowest BCUT2D eigenvalue weighted by Crippen LogP contribution is -2.25. The third-order valence-corrected chi connectivity index (χ3v) is 7.14. The number of aromatic nitrogens is 2. The molecule has 0 aliphatic heterocycles. The molecule has 1 heterocycles. The lowest BCUT2D eigenvalue weighted by molar-refractivity contribution is -0.137. The molecule has 0 aliphatic rings. The van der Waals surface area contributed by atoms with Gasteiger partial charge in [-0.25, -0.2) is 18.1 Å². The molecule has 0 radical (unpaired) electrons. The van der Waals surface area contributed by atoms with Crippen molar-refractivity contribution in [3.05, 3.63) is 66.1 Å². The Morgan fingerprint density at radius 2 is 1.73 bits per heavy atom. The number of ether oxygens (including phenoxy) is 2. The van der Waals surface area contributed by atoms with Crippen molar-refractivity contribution in [3.63, 3.8) is 0 Å². The first-order valence-corrected chi connectivity index (χ1v) is 13.9. The summed E-state index contributed by atoms with van der Waals surface area (Å²) >= 11 is 0. The molecular weight excluding hydrogens is 551 g/mol. The largest absolute Gasteiger partial charge is 0.416 e. The number of nitrogens with zero attached hydrogens (tertiary/aromatic N) is 2. The van der Waals surface area contributed by atoms with Crippen molar-refractivity contribution in [2.24, 2.45) is 0 Å². The fraction of sp³-hybridized carbons (Fsp3) is 0.385. The van der Waals surface area contributed by atoms with E-state index in [1.807, 2.05) is 0 Å². The first-order valence-electron chi connectivity index (χ1n) is 12.4. The quantitative estimate of drug-likeness (QED) is 0.235. The Morgan fingerprint density at radius 3 is 2.38 bits per heavy atom. The second-order valence-electron chi connectivity index (χ2n) is 8.67. The van der Waals surface area contributed by atoms with Gasteiger partial charge in [0.25, 0.3) is 0 Å². The van der Waals surface area contributed by atoms with E-state index in [0.717, 1.165) is 12.1 Å². The molecule has 10 nitrogen and oxygen atoms in total. The summed E-state index contributed by atoms with van der Waals surface area (Å²) in [6.45, 7) is 4.12. The Hall–Kier alpha value is -3.46. The van der Waals surface area contributed by atoms with Crippen LogP contribution in [0.25, 0.3) is 11.3 Å². The summed E-state index contributed by atoms with van der Waals surface area (Å²) in [5, 5.41) is 5.80. The number of carbonyl (C=O) groups is 1. The molecule has 1 amide bonds. The molecule has 0 spiro atoms. The minimum absolute atomic E-state index is 0.0430. The minimum atomic E-state index is -4.42. The van der Waals surface area contributed by atoms with Gasteiger partial charge in [-0.2, -0.15) is 13.2 Å². The second kappa shape index (κ2) is 14.3. The highest BCUT2D eigenvalue weighted by atomic mass is 32.2. The van der Waals surface area contributed by atoms with E-state index in [2.05, 4.69) is 20.3 Å². The zero-order chi connectivity index (χ0) is 29.2. The van der Waals surface area contributed by atoms with Crippen LogP contribution in [0.15, 0.2) is 59.9 Å². The van der Waals surface area contributed by atoms with Gasteiger partial charge < -0.3 is 24.7 Å². The molecule has 0 fully saturated rings. The minimum Gasteiger partial charge on any atom is -0.380 e. The molecule has 3 rings (SSSR count). The Labute approximate surface area is 230 Å². The lowest BCUT2D eigenvalue weighted by atomic mass is 10.1. The molecule has 0 saturated carbocycles. The van der Waals surface area contributed by atoms with Gasteiger partial charge in [0.15, 0.2) is 0 Å². The monoisotopic (exact) mass is 583 g/mol. The van der Waals surface area contributed by atoms with Gasteiger partial charge in [-0.1, -0.05) is 12.1 Å². The highest BCUT2D eigenvalue weighted by Crippen LogP contribution is 2.31. The number of rotatable bonds is 15. The normalized spacial score (nSPS) is 11.9. The van der Waals surface area contributed by atoms with E-state index < -0.39 is 21.8 Å². The van der Waals surface area contributed by atoms with Gasteiger partial charge in [0.2, 0.25) is 15.9 Å². The zero-order valence-electron chi connectivity index (χ0n) is 22.1. The molecular formula is C26H32F3N5O5S. The maximum atomic E-state index is 12.9. The topological polar surface area (TPSA) is 124 Å². The Bertz CT molecular complexity index is 1360. The van der Waals surface area contributed by atoms with Crippen molar-refractivity contribution in [3.8, 4) is 11.3 Å². The Morgan fingerprint density at radius 1 is 1.02 bits per heavy atom. The molecule has 0 saturated heterocycles. The fourth-order valence-corrected chi connectivity index (χ4v) is 4.35. The van der Waals surface area contributed by atoms with Crippen LogP contribution in [0.4, 0.5) is 18.9 Å². The van der Waals surface area contributed by atoms with Gasteiger partial charge >= 0.3 is 6.18 Å². The number of halogens is 3. The number of carbonyl (C=O) groups excluding carboxylic acids is 1. The molecule has 2 aromatic carbocycles. The van der Waals surface area contributed by atoms with Crippen LogP contribution in [0.1, 0.15) is 18.1 Å². The van der Waals surface area contributed by atoms with Crippen LogP contribution in [0, 0.1) is 0 Å². The van der Waals surface area contributed by atoms with Gasteiger partial charge in [-0.3, -0.25) is 4.79 Å². The summed E-state index contributed by atoms with van der Waals surface area (Å²) in [6, 6.07) is 9.33. The maximum Gasteiger partial charge on any atom is 0.416 e. The van der Waals surface area contributed by atoms with Crippen molar-refractivity contribution < 1.29 is 35.9 Å². The van der Waals surface area contributed by atoms with Crippen LogP contribution < -0.4 is 15.4 Å². The molecule has 14 heteroatoms. The summed E-state index contributed by atoms with van der Waals surface area (Å²) in [4.78, 5) is 15.3. The fourth-order valence-electron chi connectivity index (χ4n) is 3.60. The summed E-state index contributed by atoms with van der Waals surface area (Å²) in [5.74, 6) is -0.114. The molecule has 1 aromatic heterocycles. The first kappa shape index (κ1) is 31.1. The number of imidazole rings is 1. The van der Waals surface area contributed by atoms with Crippen molar-refractivity contribution in [2.45, 2.75) is 31.1 Å². The average molecular weight is 584 g/mol. The van der Waals surface area contributed by atoms with Gasteiger partial charge in [-0.15, -0.1) is 0 Å². The summed E-state index contributed by atoms with van der Waals surface area (Å²) in [7, 11) is -2.42. The number of nitrogens with one attached hydrogen (secondary N) is 3. The number of hydrogen-bond acceptors (Lipinski definition) is 7. The van der Waals surface area contributed by atoms with Crippen LogP contribution in [-0.2, 0) is 43.6 Å². The van der Waals surface area contributed by atoms with Crippen LogP contribution in [0.2, 0.25) is 0 Å². The van der Waals surface area contributed by atoms with Gasteiger partial charge in [-0.05, 0) is 42.9 Å². The first-order chi connectivity index (χ1) is 19.0. The van der Waals surface area contributed by atoms with Gasteiger partial charge in [0.1, 0.15) is 0 Å². The number of amides is 1. The van der Waals surface area contributed by atoms with E-state index in [4.69, 9.17) is 9.47 Å². The summed E-state index contributed by atoms with van der Waals surface area (Å²) in [5.41, 5.74) is 1.46. The number of anilines is 1. The van der Waals surface area contributed by atoms with E-state index in [0.29, 0.717) is 62.0 Å². The van der Waals surface area contributed by atoms with E-state index in [1.54, 1.807) is 23.2 Å². The lowest BCUT2D eigenvalue weighted by Gasteiger charge is -2.14. The molecule has 40 heavy (non-hydrogen) atoms. The van der Waals surface area contributed by atoms with Crippen molar-refractivity contribution in [2.75, 3.05) is 45.3 Å². The molecule has 218 valence electrons. The summed E-state index contributed by atoms with van der Waals surface area (Å²) in [6.07, 6.45) is -1.07. The van der Waals surface area contributed by atoms with E-state index in [9.17, 15) is 26.4 Å². The molecule has 3 aromatic rings. The highest BCUT2D eigenvalue weighted by Gasteiger charge is 2.29. The molecule has 3 N–H and O–H groups in total. The molecule has 0 aliphatic carbocycles. The van der Waals surface area contributed by atoms with Crippen LogP contribution >= 0.6 is 0 Å². The average Bonchev–Trinajstić information content (AvgIpc) is 3.39. The highest BCUT2D eigenvalue weighted by molar-refractivity contribution is 7.89. The van der Waals surface area contributed by atoms with E-state index in [-0.39, 0.29) is 17.3 Å². The smallest absolute Gasteiger partial charge is 0.380 e. The second-order valence-corrected chi connectivity index (χ2v) is 10.6. The van der Waals surface area contributed by atoms with Crippen LogP contribution in [-0.4, -0.2) is 63.9 Å². The SMILES string of the molecule is CNS(=O)(=O)c1ccc(NCc2ccc(C(F)(F)F)cc2)c(-c2cn(CCOCCOCCNC(C)=O)cn2)c1.